The number of nitrogens with one attached hydrogen (secondary N) is 1. The van der Waals surface area contributed by atoms with Crippen LogP contribution in [0.5, 0.6) is 0 Å². The van der Waals surface area contributed by atoms with Crippen LogP contribution in [0.3, 0.4) is 0 Å². The van der Waals surface area contributed by atoms with E-state index in [9.17, 15) is 4.79 Å². The van der Waals surface area contributed by atoms with E-state index in [1.54, 1.807) is 17.5 Å². The Kier molecular flexibility index (Phi) is 6.60. The molecule has 2 aromatic carbocycles. The van der Waals surface area contributed by atoms with Crippen LogP contribution < -0.4 is 5.32 Å². The molecule has 1 fully saturated rings. The number of hydrogen-bond donors (Lipinski definition) is 1. The maximum atomic E-state index is 12.9. The molecule has 1 aliphatic heterocycles. The molecule has 1 amide bonds. The van der Waals surface area contributed by atoms with Crippen LogP contribution in [0, 0.1) is 0 Å². The molecule has 2 unspecified atom stereocenters. The van der Waals surface area contributed by atoms with Crippen LogP contribution in [0.1, 0.15) is 35.0 Å². The second-order valence-electron chi connectivity index (χ2n) is 7.34. The number of carbonyl (C=O) groups excluding carboxylic acids is 1. The first-order valence-corrected chi connectivity index (χ1v) is 11.2. The van der Waals surface area contributed by atoms with Crippen molar-refractivity contribution in [3.05, 3.63) is 87.3 Å². The van der Waals surface area contributed by atoms with Crippen LogP contribution >= 0.6 is 22.9 Å². The van der Waals surface area contributed by atoms with Gasteiger partial charge in [-0.15, -0.1) is 11.3 Å². The molecule has 29 heavy (non-hydrogen) atoms. The third-order valence-corrected chi connectivity index (χ3v) is 6.60. The SMILES string of the molecule is O=C(CN1CCCC1Cc1ccccc1Cl)NC(c1ccccc1)c1nccs1. The summed E-state index contributed by atoms with van der Waals surface area (Å²) in [5.41, 5.74) is 2.20. The largest absolute Gasteiger partial charge is 0.342 e. The standard InChI is InChI=1S/C23H24ClN3OS/c24-20-11-5-4-9-18(20)15-19-10-6-13-27(19)16-21(28)26-22(23-25-12-14-29-23)17-7-2-1-3-8-17/h1-5,7-9,11-12,14,19,22H,6,10,13,15-16H2,(H,26,28). The van der Waals surface area contributed by atoms with E-state index in [4.69, 9.17) is 11.6 Å². The number of carbonyl (C=O) groups is 1. The zero-order valence-corrected chi connectivity index (χ0v) is 17.7. The van der Waals surface area contributed by atoms with Crippen molar-refractivity contribution < 1.29 is 4.79 Å². The molecule has 0 spiro atoms. The van der Waals surface area contributed by atoms with Gasteiger partial charge < -0.3 is 5.32 Å². The summed E-state index contributed by atoms with van der Waals surface area (Å²) in [6.45, 7) is 1.33. The molecule has 0 saturated carbocycles. The third kappa shape index (κ3) is 5.04. The fraction of sp³-hybridized carbons (Fsp3) is 0.304. The molecule has 150 valence electrons. The zero-order valence-electron chi connectivity index (χ0n) is 16.1. The first kappa shape index (κ1) is 20.1. The first-order chi connectivity index (χ1) is 14.2. The highest BCUT2D eigenvalue weighted by Crippen LogP contribution is 2.26. The molecule has 2 atom stereocenters. The molecule has 4 rings (SSSR count). The van der Waals surface area contributed by atoms with E-state index in [0.717, 1.165) is 47.0 Å². The summed E-state index contributed by atoms with van der Waals surface area (Å²) in [7, 11) is 0. The van der Waals surface area contributed by atoms with E-state index in [1.165, 1.54) is 0 Å². The van der Waals surface area contributed by atoms with E-state index < -0.39 is 0 Å². The van der Waals surface area contributed by atoms with Crippen LogP contribution in [0.25, 0.3) is 0 Å². The monoisotopic (exact) mass is 425 g/mol. The van der Waals surface area contributed by atoms with E-state index >= 15 is 0 Å². The molecule has 1 aliphatic rings. The van der Waals surface area contributed by atoms with Crippen molar-refractivity contribution in [2.75, 3.05) is 13.1 Å². The van der Waals surface area contributed by atoms with Crippen LogP contribution in [0.4, 0.5) is 0 Å². The number of halogens is 1. The summed E-state index contributed by atoms with van der Waals surface area (Å²) >= 11 is 7.91. The first-order valence-electron chi connectivity index (χ1n) is 9.92. The Bertz CT molecular complexity index is 932. The van der Waals surface area contributed by atoms with E-state index in [1.807, 2.05) is 53.9 Å². The van der Waals surface area contributed by atoms with Crippen LogP contribution in [-0.4, -0.2) is 34.9 Å². The quantitative estimate of drug-likeness (QED) is 0.596. The molecule has 2 heterocycles. The lowest BCUT2D eigenvalue weighted by Crippen LogP contribution is -2.42. The van der Waals surface area contributed by atoms with Crippen molar-refractivity contribution in [2.45, 2.75) is 31.3 Å². The zero-order chi connectivity index (χ0) is 20.1. The second-order valence-corrected chi connectivity index (χ2v) is 8.68. The Balaban J connectivity index is 1.43. The topological polar surface area (TPSA) is 45.2 Å². The molecular formula is C23H24ClN3OS. The molecule has 0 aliphatic carbocycles. The van der Waals surface area contributed by atoms with E-state index in [0.29, 0.717) is 12.6 Å². The van der Waals surface area contributed by atoms with Gasteiger partial charge in [-0.2, -0.15) is 0 Å². The van der Waals surface area contributed by atoms with Crippen LogP contribution in [-0.2, 0) is 11.2 Å². The molecule has 0 radical (unpaired) electrons. The average molecular weight is 426 g/mol. The van der Waals surface area contributed by atoms with Gasteiger partial charge in [-0.05, 0) is 43.0 Å². The van der Waals surface area contributed by atoms with E-state index in [2.05, 4.69) is 21.3 Å². The van der Waals surface area contributed by atoms with Gasteiger partial charge >= 0.3 is 0 Å². The number of benzene rings is 2. The lowest BCUT2D eigenvalue weighted by molar-refractivity contribution is -0.123. The van der Waals surface area contributed by atoms with Crippen molar-refractivity contribution in [3.63, 3.8) is 0 Å². The molecule has 0 bridgehead atoms. The molecule has 6 heteroatoms. The number of rotatable bonds is 7. The van der Waals surface area contributed by atoms with Gasteiger partial charge in [0.05, 0.1) is 6.54 Å². The van der Waals surface area contributed by atoms with Gasteiger partial charge in [0, 0.05) is 22.6 Å². The minimum Gasteiger partial charge on any atom is -0.342 e. The van der Waals surface area contributed by atoms with Crippen LogP contribution in [0.15, 0.2) is 66.2 Å². The summed E-state index contributed by atoms with van der Waals surface area (Å²) in [5.74, 6) is 0.0279. The third-order valence-electron chi connectivity index (χ3n) is 5.40. The number of nitrogens with zero attached hydrogens (tertiary/aromatic N) is 2. The normalized spacial score (nSPS) is 17.9. The fourth-order valence-corrected chi connectivity index (χ4v) is 4.88. The van der Waals surface area contributed by atoms with Gasteiger partial charge in [0.15, 0.2) is 0 Å². The van der Waals surface area contributed by atoms with Gasteiger partial charge in [-0.3, -0.25) is 9.69 Å². The molecule has 1 saturated heterocycles. The predicted molar refractivity (Wildman–Crippen MR) is 118 cm³/mol. The molecule has 1 N–H and O–H groups in total. The van der Waals surface area contributed by atoms with Gasteiger partial charge in [-0.1, -0.05) is 60.1 Å². The average Bonchev–Trinajstić information content (AvgIpc) is 3.41. The second kappa shape index (κ2) is 9.53. The number of likely N-dealkylation sites (tertiary alicyclic amines) is 1. The smallest absolute Gasteiger partial charge is 0.235 e. The van der Waals surface area contributed by atoms with E-state index in [-0.39, 0.29) is 11.9 Å². The van der Waals surface area contributed by atoms with Crippen molar-refractivity contribution in [1.82, 2.24) is 15.2 Å². The highest BCUT2D eigenvalue weighted by atomic mass is 35.5. The Morgan fingerprint density at radius 3 is 2.76 bits per heavy atom. The summed E-state index contributed by atoms with van der Waals surface area (Å²) in [4.78, 5) is 19.7. The van der Waals surface area contributed by atoms with Gasteiger partial charge in [0.1, 0.15) is 11.0 Å². The van der Waals surface area contributed by atoms with Crippen molar-refractivity contribution in [1.29, 1.82) is 0 Å². The predicted octanol–water partition coefficient (Wildman–Crippen LogP) is 4.71. The molecule has 4 nitrogen and oxygen atoms in total. The summed E-state index contributed by atoms with van der Waals surface area (Å²) in [6.07, 6.45) is 4.85. The van der Waals surface area contributed by atoms with Crippen molar-refractivity contribution in [2.24, 2.45) is 0 Å². The Labute approximate surface area is 180 Å². The highest BCUT2D eigenvalue weighted by Gasteiger charge is 2.28. The van der Waals surface area contributed by atoms with Gasteiger partial charge in [0.25, 0.3) is 0 Å². The minimum absolute atomic E-state index is 0.0279. The lowest BCUT2D eigenvalue weighted by Gasteiger charge is -2.25. The summed E-state index contributed by atoms with van der Waals surface area (Å²) in [6, 6.07) is 18.1. The Morgan fingerprint density at radius 2 is 2.00 bits per heavy atom. The summed E-state index contributed by atoms with van der Waals surface area (Å²) < 4.78 is 0. The summed E-state index contributed by atoms with van der Waals surface area (Å²) in [5, 5.41) is 6.85. The number of thiazole rings is 1. The highest BCUT2D eigenvalue weighted by molar-refractivity contribution is 7.09. The van der Waals surface area contributed by atoms with Crippen molar-refractivity contribution >= 4 is 28.8 Å². The minimum atomic E-state index is -0.215. The Hall–Kier alpha value is -2.21. The van der Waals surface area contributed by atoms with Crippen molar-refractivity contribution in [3.8, 4) is 0 Å². The molecular weight excluding hydrogens is 402 g/mol. The number of hydrogen-bond acceptors (Lipinski definition) is 4. The number of aromatic nitrogens is 1. The maximum absolute atomic E-state index is 12.9. The fourth-order valence-electron chi connectivity index (χ4n) is 3.95. The lowest BCUT2D eigenvalue weighted by atomic mass is 10.0. The Morgan fingerprint density at radius 1 is 1.21 bits per heavy atom. The maximum Gasteiger partial charge on any atom is 0.235 e. The molecule has 3 aromatic rings. The van der Waals surface area contributed by atoms with Gasteiger partial charge in [-0.25, -0.2) is 4.98 Å². The van der Waals surface area contributed by atoms with Gasteiger partial charge in [0.2, 0.25) is 5.91 Å². The number of amides is 1. The molecule has 1 aromatic heterocycles. The van der Waals surface area contributed by atoms with Crippen LogP contribution in [0.2, 0.25) is 5.02 Å².